The van der Waals surface area contributed by atoms with Crippen molar-refractivity contribution in [1.29, 1.82) is 0 Å². The number of nitrogens with one attached hydrogen (secondary N) is 1. The number of ether oxygens (including phenoxy) is 1. The topological polar surface area (TPSA) is 72.3 Å². The van der Waals surface area contributed by atoms with Crippen LogP contribution in [0.1, 0.15) is 56.7 Å². The normalized spacial score (nSPS) is 16.2. The third-order valence-electron chi connectivity index (χ3n) is 6.04. The van der Waals surface area contributed by atoms with Crippen LogP contribution in [0.15, 0.2) is 54.7 Å². The molecule has 2 aromatic heterocycles. The zero-order chi connectivity index (χ0) is 24.1. The van der Waals surface area contributed by atoms with Crippen molar-refractivity contribution in [1.82, 2.24) is 24.8 Å². The molecule has 7 nitrogen and oxygen atoms in total. The first-order chi connectivity index (χ1) is 16.3. The number of allylic oxidation sites excluding steroid dienone is 1. The highest BCUT2D eigenvalue weighted by Gasteiger charge is 2.26. The van der Waals surface area contributed by atoms with Crippen LogP contribution in [0.4, 0.5) is 4.79 Å². The molecule has 3 aromatic rings. The van der Waals surface area contributed by atoms with E-state index in [1.807, 2.05) is 51.2 Å². The quantitative estimate of drug-likeness (QED) is 0.500. The summed E-state index contributed by atoms with van der Waals surface area (Å²) in [6, 6.07) is 12.8. The van der Waals surface area contributed by atoms with Gasteiger partial charge in [-0.25, -0.2) is 9.78 Å². The van der Waals surface area contributed by atoms with E-state index in [0.29, 0.717) is 19.1 Å². The second-order valence-electron chi connectivity index (χ2n) is 9.85. The molecule has 0 spiro atoms. The number of benzene rings is 1. The summed E-state index contributed by atoms with van der Waals surface area (Å²) in [7, 11) is 2.17. The van der Waals surface area contributed by atoms with Gasteiger partial charge >= 0.3 is 6.09 Å². The minimum Gasteiger partial charge on any atom is -0.444 e. The van der Waals surface area contributed by atoms with E-state index in [1.165, 1.54) is 17.7 Å². The van der Waals surface area contributed by atoms with Gasteiger partial charge in [0.25, 0.3) is 0 Å². The Morgan fingerprint density at radius 2 is 2.06 bits per heavy atom. The van der Waals surface area contributed by atoms with E-state index in [-0.39, 0.29) is 0 Å². The molecule has 1 N–H and O–H groups in total. The Labute approximate surface area is 201 Å². The van der Waals surface area contributed by atoms with Crippen molar-refractivity contribution >= 4 is 17.1 Å². The summed E-state index contributed by atoms with van der Waals surface area (Å²) in [5.74, 6) is 1.02. The van der Waals surface area contributed by atoms with Crippen molar-refractivity contribution in [3.05, 3.63) is 71.8 Å². The Balaban J connectivity index is 1.46. The fraction of sp³-hybridized carbons (Fsp3) is 0.444. The number of fused-ring (bicyclic) bond motifs is 2. The first-order valence-corrected chi connectivity index (χ1v) is 12.0. The van der Waals surface area contributed by atoms with E-state index in [4.69, 9.17) is 14.7 Å². The van der Waals surface area contributed by atoms with Crippen LogP contribution in [-0.4, -0.2) is 44.7 Å². The predicted molar refractivity (Wildman–Crippen MR) is 134 cm³/mol. The van der Waals surface area contributed by atoms with Crippen LogP contribution in [0.5, 0.6) is 0 Å². The Morgan fingerprint density at radius 1 is 1.24 bits per heavy atom. The number of rotatable bonds is 7. The number of carbonyl (C=O) groups is 1. The largest absolute Gasteiger partial charge is 0.444 e. The highest BCUT2D eigenvalue weighted by atomic mass is 16.6. The number of hydrogen-bond acceptors (Lipinski definition) is 5. The van der Waals surface area contributed by atoms with Crippen molar-refractivity contribution in [2.45, 2.75) is 64.8 Å². The molecule has 1 amide bonds. The molecule has 1 aromatic carbocycles. The Morgan fingerprint density at radius 3 is 2.88 bits per heavy atom. The van der Waals surface area contributed by atoms with E-state index in [2.05, 4.69) is 46.1 Å². The Hall–Kier alpha value is -3.19. The maximum absolute atomic E-state index is 11.8. The molecule has 0 aliphatic heterocycles. The molecule has 1 aliphatic rings. The molecule has 0 saturated carbocycles. The van der Waals surface area contributed by atoms with E-state index in [9.17, 15) is 4.79 Å². The summed E-state index contributed by atoms with van der Waals surface area (Å²) in [6.45, 7) is 7.40. The molecule has 1 unspecified atom stereocenters. The average Bonchev–Trinajstić information content (AvgIpc) is 3.14. The molecule has 2 heterocycles. The lowest BCUT2D eigenvalue weighted by molar-refractivity contribution is 0.0534. The Kier molecular flexibility index (Phi) is 7.32. The third-order valence-corrected chi connectivity index (χ3v) is 6.04. The van der Waals surface area contributed by atoms with Gasteiger partial charge < -0.3 is 14.6 Å². The average molecular weight is 462 g/mol. The molecule has 34 heavy (non-hydrogen) atoms. The van der Waals surface area contributed by atoms with Crippen LogP contribution in [0, 0.1) is 0 Å². The van der Waals surface area contributed by atoms with E-state index < -0.39 is 11.7 Å². The standard InChI is InChI=1S/C27H35N5O2/c1-27(2,3)34-26(33)29-16-7-8-18-32-22-14-6-5-13-21(22)30-24(32)19-31(4)23-15-9-11-20-12-10-17-28-25(20)23/h5-8,10,12-14,17,23H,9,11,15-16,18-19H2,1-4H3,(H,29,33). The summed E-state index contributed by atoms with van der Waals surface area (Å²) in [4.78, 5) is 23.9. The number of amides is 1. The molecule has 4 rings (SSSR count). The van der Waals surface area contributed by atoms with E-state index in [0.717, 1.165) is 36.2 Å². The lowest BCUT2D eigenvalue weighted by atomic mass is 9.91. The Bertz CT molecular complexity index is 1160. The lowest BCUT2D eigenvalue weighted by Gasteiger charge is -2.32. The summed E-state index contributed by atoms with van der Waals surface area (Å²) >= 11 is 0. The second-order valence-corrected chi connectivity index (χ2v) is 9.85. The highest BCUT2D eigenvalue weighted by molar-refractivity contribution is 5.76. The van der Waals surface area contributed by atoms with Gasteiger partial charge in [0.05, 0.1) is 29.3 Å². The SMILES string of the molecule is CN(Cc1nc2ccccc2n1CC=CCNC(=O)OC(C)(C)C)C1CCCc2cccnc21. The van der Waals surface area contributed by atoms with Crippen LogP contribution in [0.25, 0.3) is 11.0 Å². The van der Waals surface area contributed by atoms with Gasteiger partial charge in [-0.3, -0.25) is 9.88 Å². The number of carbonyl (C=O) groups excluding carboxylic acids is 1. The van der Waals surface area contributed by atoms with Gasteiger partial charge in [-0.05, 0) is 70.8 Å². The second kappa shape index (κ2) is 10.4. The molecule has 0 bridgehead atoms. The molecular weight excluding hydrogens is 426 g/mol. The molecule has 7 heteroatoms. The van der Waals surface area contributed by atoms with Gasteiger partial charge in [0.2, 0.25) is 0 Å². The smallest absolute Gasteiger partial charge is 0.407 e. The number of nitrogens with zero attached hydrogens (tertiary/aromatic N) is 4. The van der Waals surface area contributed by atoms with Gasteiger partial charge in [0.1, 0.15) is 11.4 Å². The van der Waals surface area contributed by atoms with E-state index >= 15 is 0 Å². The van der Waals surface area contributed by atoms with Gasteiger partial charge in [-0.2, -0.15) is 0 Å². The van der Waals surface area contributed by atoms with Crippen molar-refractivity contribution < 1.29 is 9.53 Å². The third kappa shape index (κ3) is 5.83. The first-order valence-electron chi connectivity index (χ1n) is 12.0. The zero-order valence-electron chi connectivity index (χ0n) is 20.6. The number of aromatic nitrogens is 3. The molecule has 0 radical (unpaired) electrons. The van der Waals surface area contributed by atoms with Gasteiger partial charge in [-0.1, -0.05) is 30.4 Å². The van der Waals surface area contributed by atoms with Crippen molar-refractivity contribution in [2.24, 2.45) is 0 Å². The number of pyridine rings is 1. The van der Waals surface area contributed by atoms with Crippen LogP contribution < -0.4 is 5.32 Å². The van der Waals surface area contributed by atoms with Crippen molar-refractivity contribution in [3.63, 3.8) is 0 Å². The minimum atomic E-state index is -0.501. The van der Waals surface area contributed by atoms with Crippen molar-refractivity contribution in [2.75, 3.05) is 13.6 Å². The maximum Gasteiger partial charge on any atom is 0.407 e. The van der Waals surface area contributed by atoms with E-state index in [1.54, 1.807) is 0 Å². The number of alkyl carbamates (subject to hydrolysis) is 1. The van der Waals surface area contributed by atoms with Crippen LogP contribution in [-0.2, 0) is 24.2 Å². The number of hydrogen-bond donors (Lipinski definition) is 1. The number of aryl methyl sites for hydroxylation is 1. The van der Waals surface area contributed by atoms with Gasteiger partial charge in [0.15, 0.2) is 0 Å². The van der Waals surface area contributed by atoms with Crippen LogP contribution >= 0.6 is 0 Å². The fourth-order valence-electron chi connectivity index (χ4n) is 4.52. The van der Waals surface area contributed by atoms with Crippen molar-refractivity contribution in [3.8, 4) is 0 Å². The minimum absolute atomic E-state index is 0.298. The molecule has 1 atom stereocenters. The lowest BCUT2D eigenvalue weighted by Crippen LogP contribution is -2.32. The molecule has 0 saturated heterocycles. The zero-order valence-corrected chi connectivity index (χ0v) is 20.6. The summed E-state index contributed by atoms with van der Waals surface area (Å²) < 4.78 is 7.53. The van der Waals surface area contributed by atoms with Gasteiger partial charge in [-0.15, -0.1) is 0 Å². The van der Waals surface area contributed by atoms with Crippen LogP contribution in [0.3, 0.4) is 0 Å². The summed E-state index contributed by atoms with van der Waals surface area (Å²) in [5.41, 5.74) is 4.16. The molecule has 180 valence electrons. The first kappa shape index (κ1) is 24.0. The highest BCUT2D eigenvalue weighted by Crippen LogP contribution is 2.33. The van der Waals surface area contributed by atoms with Gasteiger partial charge in [0, 0.05) is 19.3 Å². The maximum atomic E-state index is 11.8. The molecule has 0 fully saturated rings. The molecular formula is C27H35N5O2. The summed E-state index contributed by atoms with van der Waals surface area (Å²) in [5, 5.41) is 2.77. The van der Waals surface area contributed by atoms with Crippen LogP contribution in [0.2, 0.25) is 0 Å². The molecule has 1 aliphatic carbocycles. The summed E-state index contributed by atoms with van der Waals surface area (Å²) in [6.07, 6.45) is 8.90. The predicted octanol–water partition coefficient (Wildman–Crippen LogP) is 5.02. The number of para-hydroxylation sites is 2. The number of imidazole rings is 1. The monoisotopic (exact) mass is 461 g/mol. The fourth-order valence-corrected chi connectivity index (χ4v) is 4.52.